The number of rotatable bonds is 10. The molecule has 0 spiro atoms. The van der Waals surface area contributed by atoms with Crippen LogP contribution in [0.5, 0.6) is 0 Å². The summed E-state index contributed by atoms with van der Waals surface area (Å²) in [5, 5.41) is 18.5. The molecule has 0 bridgehead atoms. The third-order valence-electron chi connectivity index (χ3n) is 2.85. The van der Waals surface area contributed by atoms with Gasteiger partial charge in [0, 0.05) is 47.5 Å². The van der Waals surface area contributed by atoms with Crippen LogP contribution in [0.2, 0.25) is 0 Å². The molecule has 8 nitrogen and oxygen atoms in total. The Morgan fingerprint density at radius 2 is 1.33 bits per heavy atom. The molecule has 3 aromatic rings. The van der Waals surface area contributed by atoms with Crippen LogP contribution in [-0.2, 0) is 9.59 Å². The van der Waals surface area contributed by atoms with Gasteiger partial charge in [-0.2, -0.15) is 0 Å². The van der Waals surface area contributed by atoms with Gasteiger partial charge in [-0.05, 0) is 0 Å². The smallest absolute Gasteiger partial charge is 0.226 e. The molecule has 0 radical (unpaired) electrons. The van der Waals surface area contributed by atoms with Crippen LogP contribution in [0.15, 0.2) is 31.8 Å². The molecule has 0 unspecified atom stereocenters. The fourth-order valence-electron chi connectivity index (χ4n) is 1.71. The topological polar surface area (TPSA) is 110 Å². The van der Waals surface area contributed by atoms with E-state index in [1.54, 1.807) is 12.4 Å². The van der Waals surface area contributed by atoms with Crippen LogP contribution in [0.25, 0.3) is 0 Å². The van der Waals surface area contributed by atoms with Crippen molar-refractivity contribution >= 4 is 79.6 Å². The quantitative estimate of drug-likeness (QED) is 0.443. The van der Waals surface area contributed by atoms with Gasteiger partial charge in [-0.15, -0.1) is 32.9 Å². The number of hydrogen-bond acceptors (Lipinski definition) is 11. The lowest BCUT2D eigenvalue weighted by Crippen LogP contribution is -2.11. The number of anilines is 2. The minimum atomic E-state index is -0.0668. The molecule has 3 rings (SSSR count). The van der Waals surface area contributed by atoms with Gasteiger partial charge in [-0.1, -0.05) is 34.9 Å². The highest BCUT2D eigenvalue weighted by molar-refractivity contribution is 8.03. The molecule has 142 valence electrons. The number of thioether (sulfide) groups is 2. The third-order valence-corrected chi connectivity index (χ3v) is 7.42. The van der Waals surface area contributed by atoms with Crippen molar-refractivity contribution in [1.29, 1.82) is 0 Å². The number of carbonyl (C=O) groups excluding carboxylic acids is 2. The van der Waals surface area contributed by atoms with Crippen LogP contribution >= 0.6 is 57.5 Å². The van der Waals surface area contributed by atoms with Crippen molar-refractivity contribution in [3.63, 3.8) is 0 Å². The van der Waals surface area contributed by atoms with Gasteiger partial charge in [-0.25, -0.2) is 9.97 Å². The van der Waals surface area contributed by atoms with Crippen molar-refractivity contribution < 1.29 is 9.59 Å². The highest BCUT2D eigenvalue weighted by Gasteiger charge is 2.10. The second-order valence-electron chi connectivity index (χ2n) is 4.80. The van der Waals surface area contributed by atoms with Crippen molar-refractivity contribution in [2.24, 2.45) is 0 Å². The summed E-state index contributed by atoms with van der Waals surface area (Å²) >= 11 is 7.23. The van der Waals surface area contributed by atoms with Crippen molar-refractivity contribution in [2.75, 3.05) is 22.1 Å². The van der Waals surface area contributed by atoms with E-state index in [9.17, 15) is 9.59 Å². The first-order valence-corrected chi connectivity index (χ1v) is 12.2. The van der Waals surface area contributed by atoms with Gasteiger partial charge in [0.05, 0.1) is 0 Å². The van der Waals surface area contributed by atoms with Gasteiger partial charge in [0.1, 0.15) is 0 Å². The third kappa shape index (κ3) is 7.18. The van der Waals surface area contributed by atoms with Crippen molar-refractivity contribution in [2.45, 2.75) is 21.5 Å². The van der Waals surface area contributed by atoms with E-state index < -0.39 is 0 Å². The number of amides is 2. The first-order valence-electron chi connectivity index (χ1n) is 7.67. The Balaban J connectivity index is 1.31. The largest absolute Gasteiger partial charge is 0.302 e. The zero-order chi connectivity index (χ0) is 18.9. The minimum Gasteiger partial charge on any atom is -0.302 e. The molecular formula is C14H14N6O2S5. The molecule has 0 aliphatic heterocycles. The van der Waals surface area contributed by atoms with E-state index in [1.807, 2.05) is 10.8 Å². The van der Waals surface area contributed by atoms with Crippen molar-refractivity contribution in [3.05, 3.63) is 23.2 Å². The SMILES string of the molecule is O=C(CCSc1nnc(SCCC(=O)Nc2nccs2)s1)Nc1nccs1. The predicted molar refractivity (Wildman–Crippen MR) is 112 cm³/mol. The summed E-state index contributed by atoms with van der Waals surface area (Å²) in [6.07, 6.45) is 4.06. The maximum Gasteiger partial charge on any atom is 0.226 e. The molecule has 0 atom stereocenters. The van der Waals surface area contributed by atoms with E-state index in [-0.39, 0.29) is 11.8 Å². The minimum absolute atomic E-state index is 0.0668. The molecule has 3 aromatic heterocycles. The average molecular weight is 459 g/mol. The van der Waals surface area contributed by atoms with E-state index >= 15 is 0 Å². The summed E-state index contributed by atoms with van der Waals surface area (Å²) in [7, 11) is 0. The second-order valence-corrected chi connectivity index (χ2v) is 10.3. The number of hydrogen-bond donors (Lipinski definition) is 2. The molecule has 0 aliphatic rings. The summed E-state index contributed by atoms with van der Waals surface area (Å²) in [6.45, 7) is 0. The van der Waals surface area contributed by atoms with Gasteiger partial charge in [-0.3, -0.25) is 9.59 Å². The summed E-state index contributed by atoms with van der Waals surface area (Å²) in [4.78, 5) is 31.6. The van der Waals surface area contributed by atoms with Crippen LogP contribution in [-0.4, -0.2) is 43.5 Å². The molecule has 0 fully saturated rings. The molecule has 3 heterocycles. The number of thiazole rings is 2. The van der Waals surface area contributed by atoms with Crippen LogP contribution < -0.4 is 10.6 Å². The Kier molecular flexibility index (Phi) is 8.01. The molecule has 0 aromatic carbocycles. The van der Waals surface area contributed by atoms with E-state index in [1.165, 1.54) is 57.5 Å². The first kappa shape index (κ1) is 20.2. The van der Waals surface area contributed by atoms with Crippen LogP contribution in [0.1, 0.15) is 12.8 Å². The first-order chi connectivity index (χ1) is 13.2. The second kappa shape index (κ2) is 10.7. The summed E-state index contributed by atoms with van der Waals surface area (Å²) < 4.78 is 1.62. The Labute approximate surface area is 175 Å². The Bertz CT molecular complexity index is 783. The molecule has 0 saturated heterocycles. The van der Waals surface area contributed by atoms with Crippen LogP contribution in [0.3, 0.4) is 0 Å². The van der Waals surface area contributed by atoms with E-state index in [4.69, 9.17) is 0 Å². The average Bonchev–Trinajstić information content (AvgIpc) is 3.38. The zero-order valence-corrected chi connectivity index (χ0v) is 17.9. The van der Waals surface area contributed by atoms with Gasteiger partial charge in [0.25, 0.3) is 0 Å². The monoisotopic (exact) mass is 458 g/mol. The van der Waals surface area contributed by atoms with E-state index in [2.05, 4.69) is 30.8 Å². The molecule has 2 amide bonds. The molecular weight excluding hydrogens is 445 g/mol. The van der Waals surface area contributed by atoms with Crippen LogP contribution in [0.4, 0.5) is 10.3 Å². The zero-order valence-electron chi connectivity index (χ0n) is 13.8. The summed E-state index contributed by atoms with van der Waals surface area (Å²) in [5.74, 6) is 1.10. The number of aromatic nitrogens is 4. The summed E-state index contributed by atoms with van der Waals surface area (Å²) in [6, 6.07) is 0. The fourth-order valence-corrected chi connectivity index (χ4v) is 5.84. The van der Waals surface area contributed by atoms with Gasteiger partial charge in [0.15, 0.2) is 18.9 Å². The van der Waals surface area contributed by atoms with Gasteiger partial charge >= 0.3 is 0 Å². The Morgan fingerprint density at radius 3 is 1.74 bits per heavy atom. The molecule has 0 saturated carbocycles. The molecule has 2 N–H and O–H groups in total. The number of carbonyl (C=O) groups is 2. The maximum absolute atomic E-state index is 11.8. The Hall–Kier alpha value is -1.54. The number of nitrogens with zero attached hydrogens (tertiary/aromatic N) is 4. The van der Waals surface area contributed by atoms with Gasteiger partial charge < -0.3 is 10.6 Å². The summed E-state index contributed by atoms with van der Waals surface area (Å²) in [5.41, 5.74) is 0. The molecule has 13 heteroatoms. The lowest BCUT2D eigenvalue weighted by Gasteiger charge is -2.00. The van der Waals surface area contributed by atoms with Crippen molar-refractivity contribution in [1.82, 2.24) is 20.2 Å². The standard InChI is InChI=1S/C14H14N6O2S5/c21-9(17-11-15-3-7-23-11)1-5-25-13-19-20-14(27-13)26-6-2-10(22)18-12-16-4-8-24-12/h3-4,7-8H,1-2,5-6H2,(H,15,17,21)(H,16,18,22). The predicted octanol–water partition coefficient (Wildman–Crippen LogP) is 3.69. The van der Waals surface area contributed by atoms with Gasteiger partial charge in [0.2, 0.25) is 11.8 Å². The van der Waals surface area contributed by atoms with E-state index in [0.717, 1.165) is 8.68 Å². The van der Waals surface area contributed by atoms with Crippen molar-refractivity contribution in [3.8, 4) is 0 Å². The van der Waals surface area contributed by atoms with E-state index in [0.29, 0.717) is 34.6 Å². The fraction of sp³-hybridized carbons (Fsp3) is 0.286. The molecule has 27 heavy (non-hydrogen) atoms. The lowest BCUT2D eigenvalue weighted by molar-refractivity contribution is -0.116. The molecule has 0 aliphatic carbocycles. The normalized spacial score (nSPS) is 10.7. The number of nitrogens with one attached hydrogen (secondary N) is 2. The van der Waals surface area contributed by atoms with Crippen LogP contribution in [0, 0.1) is 0 Å². The lowest BCUT2D eigenvalue weighted by atomic mass is 10.5. The maximum atomic E-state index is 11.8. The highest BCUT2D eigenvalue weighted by Crippen LogP contribution is 2.29. The Morgan fingerprint density at radius 1 is 0.852 bits per heavy atom. The highest BCUT2D eigenvalue weighted by atomic mass is 32.2.